The highest BCUT2D eigenvalue weighted by Gasteiger charge is 2.32. The van der Waals surface area contributed by atoms with E-state index in [2.05, 4.69) is 5.32 Å². The zero-order chi connectivity index (χ0) is 27.0. The van der Waals surface area contributed by atoms with Crippen LogP contribution in [0.1, 0.15) is 25.8 Å². The molecule has 1 unspecified atom stereocenters. The van der Waals surface area contributed by atoms with E-state index in [-0.39, 0.29) is 23.9 Å². The van der Waals surface area contributed by atoms with Crippen molar-refractivity contribution in [1.29, 1.82) is 0 Å². The predicted octanol–water partition coefficient (Wildman–Crippen LogP) is 3.72. The fourth-order valence-electron chi connectivity index (χ4n) is 3.63. The minimum absolute atomic E-state index is 0.0166. The average Bonchev–Trinajstić information content (AvgIpc) is 2.83. The maximum atomic E-state index is 13.7. The van der Waals surface area contributed by atoms with E-state index in [1.54, 1.807) is 38.1 Å². The Labute approximate surface area is 222 Å². The van der Waals surface area contributed by atoms with Crippen LogP contribution in [-0.2, 0) is 26.2 Å². The predicted molar refractivity (Wildman–Crippen MR) is 142 cm³/mol. The van der Waals surface area contributed by atoms with Gasteiger partial charge in [-0.25, -0.2) is 8.42 Å². The minimum Gasteiger partial charge on any atom is -0.497 e. The maximum Gasteiger partial charge on any atom is 0.244 e. The molecular formula is C24H31Cl2N3O6S. The number of nitrogens with zero attached hydrogens (tertiary/aromatic N) is 2. The molecule has 0 radical (unpaired) electrons. The summed E-state index contributed by atoms with van der Waals surface area (Å²) in [5.41, 5.74) is 0.795. The summed E-state index contributed by atoms with van der Waals surface area (Å²) >= 11 is 12.2. The van der Waals surface area contributed by atoms with Gasteiger partial charge in [-0.3, -0.25) is 13.9 Å². The van der Waals surface area contributed by atoms with Crippen LogP contribution in [0.25, 0.3) is 0 Å². The van der Waals surface area contributed by atoms with Crippen LogP contribution < -0.4 is 19.1 Å². The third-order valence-corrected chi connectivity index (χ3v) is 7.27. The molecule has 1 N–H and O–H groups in total. The van der Waals surface area contributed by atoms with Crippen LogP contribution in [0.2, 0.25) is 10.0 Å². The number of benzene rings is 2. The van der Waals surface area contributed by atoms with Gasteiger partial charge in [0.25, 0.3) is 0 Å². The van der Waals surface area contributed by atoms with Gasteiger partial charge in [0.05, 0.1) is 36.2 Å². The normalized spacial score (nSPS) is 12.0. The second-order valence-electron chi connectivity index (χ2n) is 7.90. The van der Waals surface area contributed by atoms with Gasteiger partial charge in [0.2, 0.25) is 21.8 Å². The van der Waals surface area contributed by atoms with Gasteiger partial charge >= 0.3 is 0 Å². The molecule has 0 bridgehead atoms. The number of amides is 2. The number of nitrogens with one attached hydrogen (secondary N) is 1. The van der Waals surface area contributed by atoms with Crippen molar-refractivity contribution in [3.63, 3.8) is 0 Å². The lowest BCUT2D eigenvalue weighted by Crippen LogP contribution is -2.52. The fourth-order valence-corrected chi connectivity index (χ4v) is 4.81. The van der Waals surface area contributed by atoms with Crippen LogP contribution >= 0.6 is 23.2 Å². The minimum atomic E-state index is -3.92. The molecule has 1 atom stereocenters. The zero-order valence-corrected chi connectivity index (χ0v) is 23.2. The van der Waals surface area contributed by atoms with Gasteiger partial charge in [-0.05, 0) is 43.2 Å². The molecule has 0 fully saturated rings. The summed E-state index contributed by atoms with van der Waals surface area (Å²) in [7, 11) is -1.06. The Morgan fingerprint density at radius 1 is 1.03 bits per heavy atom. The van der Waals surface area contributed by atoms with Crippen LogP contribution in [0.15, 0.2) is 36.4 Å². The van der Waals surface area contributed by atoms with E-state index in [1.165, 1.54) is 31.3 Å². The molecule has 0 aliphatic heterocycles. The maximum absolute atomic E-state index is 13.7. The van der Waals surface area contributed by atoms with E-state index in [0.29, 0.717) is 34.3 Å². The third-order valence-electron chi connectivity index (χ3n) is 5.41. The Morgan fingerprint density at radius 2 is 1.72 bits per heavy atom. The molecule has 198 valence electrons. The Morgan fingerprint density at radius 3 is 2.25 bits per heavy atom. The number of hydrogen-bond acceptors (Lipinski definition) is 6. The van der Waals surface area contributed by atoms with Crippen molar-refractivity contribution >= 4 is 50.7 Å². The Bertz CT molecular complexity index is 1190. The number of hydrogen-bond donors (Lipinski definition) is 1. The summed E-state index contributed by atoms with van der Waals surface area (Å²) < 4.78 is 37.1. The van der Waals surface area contributed by atoms with Crippen molar-refractivity contribution in [2.45, 2.75) is 32.9 Å². The standard InChI is InChI=1S/C24H31Cl2N3O6S/c1-6-20(24(31)27-7-2)28(14-16-8-10-18(25)19(26)12-16)23(30)15-29(36(5,32)33)21-11-9-17(34-3)13-22(21)35-4/h8-13,20H,6-7,14-15H2,1-5H3,(H,27,31). The van der Waals surface area contributed by atoms with Crippen molar-refractivity contribution in [2.75, 3.05) is 37.9 Å². The summed E-state index contributed by atoms with van der Waals surface area (Å²) in [6.07, 6.45) is 1.30. The molecule has 2 aromatic rings. The van der Waals surface area contributed by atoms with E-state index < -0.39 is 28.5 Å². The SMILES string of the molecule is CCNC(=O)C(CC)N(Cc1ccc(Cl)c(Cl)c1)C(=O)CN(c1ccc(OC)cc1OC)S(C)(=O)=O. The Hall–Kier alpha value is -2.69. The largest absolute Gasteiger partial charge is 0.497 e. The van der Waals surface area contributed by atoms with Gasteiger partial charge in [0.1, 0.15) is 24.1 Å². The van der Waals surface area contributed by atoms with E-state index in [9.17, 15) is 18.0 Å². The first kappa shape index (κ1) is 29.5. The molecule has 12 heteroatoms. The van der Waals surface area contributed by atoms with Gasteiger partial charge in [-0.2, -0.15) is 0 Å². The van der Waals surface area contributed by atoms with Crippen molar-refractivity contribution in [3.8, 4) is 11.5 Å². The number of sulfonamides is 1. The number of carbonyl (C=O) groups excluding carboxylic acids is 2. The molecule has 2 aromatic carbocycles. The molecule has 0 spiro atoms. The average molecular weight is 561 g/mol. The molecule has 0 saturated carbocycles. The van der Waals surface area contributed by atoms with Crippen LogP contribution in [0, 0.1) is 0 Å². The number of ether oxygens (including phenoxy) is 2. The van der Waals surface area contributed by atoms with E-state index in [0.717, 1.165) is 10.6 Å². The second-order valence-corrected chi connectivity index (χ2v) is 10.6. The zero-order valence-electron chi connectivity index (χ0n) is 20.9. The number of methoxy groups -OCH3 is 2. The van der Waals surface area contributed by atoms with Crippen molar-refractivity contribution in [2.24, 2.45) is 0 Å². The third kappa shape index (κ3) is 7.41. The lowest BCUT2D eigenvalue weighted by molar-refractivity contribution is -0.140. The number of rotatable bonds is 12. The molecule has 2 amide bonds. The summed E-state index contributed by atoms with van der Waals surface area (Å²) in [5.74, 6) is -0.262. The summed E-state index contributed by atoms with van der Waals surface area (Å²) in [6.45, 7) is 3.39. The van der Waals surface area contributed by atoms with Gasteiger partial charge in [-0.15, -0.1) is 0 Å². The van der Waals surface area contributed by atoms with Gasteiger partial charge in [0, 0.05) is 19.2 Å². The summed E-state index contributed by atoms with van der Waals surface area (Å²) in [4.78, 5) is 27.9. The van der Waals surface area contributed by atoms with E-state index >= 15 is 0 Å². The fraction of sp³-hybridized carbons (Fsp3) is 0.417. The number of likely N-dealkylation sites (N-methyl/N-ethyl adjacent to an activating group) is 1. The molecule has 0 saturated heterocycles. The first-order valence-corrected chi connectivity index (χ1v) is 13.8. The first-order chi connectivity index (χ1) is 17.0. The topological polar surface area (TPSA) is 105 Å². The van der Waals surface area contributed by atoms with Crippen LogP contribution in [-0.4, -0.2) is 64.7 Å². The highest BCUT2D eigenvalue weighted by atomic mass is 35.5. The van der Waals surface area contributed by atoms with Crippen LogP contribution in [0.4, 0.5) is 5.69 Å². The Balaban J connectivity index is 2.52. The number of anilines is 1. The molecule has 36 heavy (non-hydrogen) atoms. The monoisotopic (exact) mass is 559 g/mol. The van der Waals surface area contributed by atoms with Crippen molar-refractivity contribution < 1.29 is 27.5 Å². The smallest absolute Gasteiger partial charge is 0.244 e. The van der Waals surface area contributed by atoms with Gasteiger partial charge in [0.15, 0.2) is 0 Å². The van der Waals surface area contributed by atoms with Crippen molar-refractivity contribution in [1.82, 2.24) is 10.2 Å². The van der Waals surface area contributed by atoms with E-state index in [1.807, 2.05) is 0 Å². The Kier molecular flexibility index (Phi) is 10.7. The number of carbonyl (C=O) groups is 2. The summed E-state index contributed by atoms with van der Waals surface area (Å²) in [5, 5.41) is 3.39. The second kappa shape index (κ2) is 13.0. The lowest BCUT2D eigenvalue weighted by Gasteiger charge is -2.33. The van der Waals surface area contributed by atoms with E-state index in [4.69, 9.17) is 32.7 Å². The molecule has 0 aromatic heterocycles. The highest BCUT2D eigenvalue weighted by molar-refractivity contribution is 7.92. The molecule has 0 aliphatic rings. The van der Waals surface area contributed by atoms with Gasteiger partial charge < -0.3 is 19.7 Å². The summed E-state index contributed by atoms with van der Waals surface area (Å²) in [6, 6.07) is 8.64. The lowest BCUT2D eigenvalue weighted by atomic mass is 10.1. The van der Waals surface area contributed by atoms with Crippen LogP contribution in [0.3, 0.4) is 0 Å². The molecular weight excluding hydrogens is 529 g/mol. The van der Waals surface area contributed by atoms with Crippen molar-refractivity contribution in [3.05, 3.63) is 52.0 Å². The highest BCUT2D eigenvalue weighted by Crippen LogP contribution is 2.34. The quantitative estimate of drug-likeness (QED) is 0.425. The molecule has 0 aliphatic carbocycles. The molecule has 0 heterocycles. The van der Waals surface area contributed by atoms with Crippen LogP contribution in [0.5, 0.6) is 11.5 Å². The molecule has 2 rings (SSSR count). The first-order valence-electron chi connectivity index (χ1n) is 11.2. The van der Waals surface area contributed by atoms with Gasteiger partial charge in [-0.1, -0.05) is 36.2 Å². The molecule has 9 nitrogen and oxygen atoms in total. The number of halogens is 2.